The fourth-order valence-electron chi connectivity index (χ4n) is 0.539. The van der Waals surface area contributed by atoms with E-state index in [1.165, 1.54) is 0 Å². The predicted molar refractivity (Wildman–Crippen MR) is 51.3 cm³/mol. The number of hydrogen-bond donors (Lipinski definition) is 0. The molecule has 69 valence electrons. The van der Waals surface area contributed by atoms with Gasteiger partial charge in [0.05, 0.1) is 0 Å². The van der Waals surface area contributed by atoms with Crippen molar-refractivity contribution in [2.75, 3.05) is 13.2 Å². The number of hydrogen-bond acceptors (Lipinski definition) is 1. The van der Waals surface area contributed by atoms with Crippen LogP contribution in [-0.4, -0.2) is 42.6 Å². The Kier molecular flexibility index (Phi) is 17.3. The fourth-order valence-corrected chi connectivity index (χ4v) is 0.539. The van der Waals surface area contributed by atoms with Crippen LogP contribution in [0.15, 0.2) is 0 Å². The molecule has 0 aliphatic carbocycles. The summed E-state index contributed by atoms with van der Waals surface area (Å²) in [7, 11) is 0. The van der Waals surface area contributed by atoms with E-state index in [9.17, 15) is 0 Å². The summed E-state index contributed by atoms with van der Waals surface area (Å²) in [5, 5.41) is 0. The summed E-state index contributed by atoms with van der Waals surface area (Å²) >= 11 is 0. The average molecular weight is 268 g/mol. The molecule has 0 heterocycles. The van der Waals surface area contributed by atoms with Gasteiger partial charge in [0.2, 0.25) is 0 Å². The molecular formula is C8H21O2Sn. The molecule has 2 N–H and O–H groups in total. The number of rotatable bonds is 4. The van der Waals surface area contributed by atoms with Crippen molar-refractivity contribution < 1.29 is 10.2 Å². The normalized spacial score (nSPS) is 9.27. The second-order valence-electron chi connectivity index (χ2n) is 3.33. The molecule has 0 bridgehead atoms. The second kappa shape index (κ2) is 10.7. The van der Waals surface area contributed by atoms with E-state index in [0.717, 1.165) is 13.2 Å². The van der Waals surface area contributed by atoms with Crippen molar-refractivity contribution in [1.82, 2.24) is 0 Å². The van der Waals surface area contributed by atoms with Gasteiger partial charge in [-0.3, -0.25) is 0 Å². The Balaban J connectivity index is -0.000000320. The molecule has 0 aliphatic heterocycles. The molecular weight excluding hydrogens is 247 g/mol. The summed E-state index contributed by atoms with van der Waals surface area (Å²) in [4.78, 5) is 0. The molecule has 0 spiro atoms. The topological polar surface area (TPSA) is 40.7 Å². The van der Waals surface area contributed by atoms with E-state index >= 15 is 0 Å². The van der Waals surface area contributed by atoms with E-state index in [2.05, 4.69) is 27.7 Å². The first-order valence-electron chi connectivity index (χ1n) is 3.70. The average Bonchev–Trinajstić information content (AvgIpc) is 1.63. The Labute approximate surface area is 87.0 Å². The standard InChI is InChI=1S/C8H18O.H2O.Sn.H/c1-7(2)5-9-6-8(3)4;;;/h7-8H,5-6H2,1-4H3;1H2;;. The van der Waals surface area contributed by atoms with Gasteiger partial charge in [-0.1, -0.05) is 27.7 Å². The van der Waals surface area contributed by atoms with Gasteiger partial charge in [0, 0.05) is 13.2 Å². The number of ether oxygens (including phenoxy) is 1. The molecule has 0 fully saturated rings. The molecule has 0 aromatic rings. The summed E-state index contributed by atoms with van der Waals surface area (Å²) in [6.07, 6.45) is 0. The van der Waals surface area contributed by atoms with Crippen LogP contribution in [0, 0.1) is 11.8 Å². The fraction of sp³-hybridized carbons (Fsp3) is 1.00. The van der Waals surface area contributed by atoms with E-state index in [4.69, 9.17) is 4.74 Å². The first-order chi connectivity index (χ1) is 4.13. The van der Waals surface area contributed by atoms with Crippen LogP contribution in [0.1, 0.15) is 27.7 Å². The van der Waals surface area contributed by atoms with Crippen molar-refractivity contribution in [2.45, 2.75) is 27.7 Å². The molecule has 3 radical (unpaired) electrons. The van der Waals surface area contributed by atoms with E-state index < -0.39 is 0 Å². The van der Waals surface area contributed by atoms with Gasteiger partial charge >= 0.3 is 23.9 Å². The van der Waals surface area contributed by atoms with Gasteiger partial charge in [-0.15, -0.1) is 0 Å². The third-order valence-electron chi connectivity index (χ3n) is 0.902. The third-order valence-corrected chi connectivity index (χ3v) is 0.902. The van der Waals surface area contributed by atoms with E-state index in [0.29, 0.717) is 11.8 Å². The molecule has 0 aliphatic rings. The predicted octanol–water partition coefficient (Wildman–Crippen LogP) is 0.842. The Morgan fingerprint density at radius 1 is 0.909 bits per heavy atom. The van der Waals surface area contributed by atoms with Gasteiger partial charge in [-0.2, -0.15) is 0 Å². The zero-order chi connectivity index (χ0) is 7.28. The van der Waals surface area contributed by atoms with E-state index in [-0.39, 0.29) is 29.4 Å². The Morgan fingerprint density at radius 3 is 1.36 bits per heavy atom. The van der Waals surface area contributed by atoms with Crippen LogP contribution in [0.5, 0.6) is 0 Å². The van der Waals surface area contributed by atoms with E-state index in [1.807, 2.05) is 0 Å². The van der Waals surface area contributed by atoms with Gasteiger partial charge in [0.15, 0.2) is 0 Å². The van der Waals surface area contributed by atoms with Crippen molar-refractivity contribution in [3.8, 4) is 0 Å². The van der Waals surface area contributed by atoms with Crippen LogP contribution in [0.3, 0.4) is 0 Å². The van der Waals surface area contributed by atoms with Crippen LogP contribution in [0.25, 0.3) is 0 Å². The zero-order valence-electron chi connectivity index (χ0n) is 8.05. The van der Waals surface area contributed by atoms with Crippen molar-refractivity contribution >= 4 is 23.9 Å². The third kappa shape index (κ3) is 18.0. The molecule has 0 saturated carbocycles. The molecule has 3 heteroatoms. The second-order valence-corrected chi connectivity index (χ2v) is 3.33. The maximum absolute atomic E-state index is 5.36. The van der Waals surface area contributed by atoms with Crippen molar-refractivity contribution in [2.24, 2.45) is 11.8 Å². The summed E-state index contributed by atoms with van der Waals surface area (Å²) in [5.41, 5.74) is 0. The molecule has 0 saturated heterocycles. The molecule has 0 unspecified atom stereocenters. The van der Waals surface area contributed by atoms with Crippen LogP contribution in [-0.2, 0) is 4.74 Å². The zero-order valence-corrected chi connectivity index (χ0v) is 11.4. The maximum atomic E-state index is 5.36. The van der Waals surface area contributed by atoms with Crippen LogP contribution < -0.4 is 0 Å². The van der Waals surface area contributed by atoms with Gasteiger partial charge in [-0.25, -0.2) is 0 Å². The molecule has 0 rings (SSSR count). The van der Waals surface area contributed by atoms with Gasteiger partial charge in [0.1, 0.15) is 0 Å². The summed E-state index contributed by atoms with van der Waals surface area (Å²) in [5.74, 6) is 1.34. The van der Waals surface area contributed by atoms with Crippen LogP contribution in [0.4, 0.5) is 0 Å². The minimum atomic E-state index is 0. The van der Waals surface area contributed by atoms with Gasteiger partial charge < -0.3 is 10.2 Å². The minimum absolute atomic E-state index is 0. The molecule has 0 aromatic heterocycles. The molecule has 0 amide bonds. The Bertz CT molecular complexity index is 57.1. The first kappa shape index (κ1) is 17.7. The molecule has 0 atom stereocenters. The first-order valence-corrected chi connectivity index (χ1v) is 3.70. The van der Waals surface area contributed by atoms with Crippen molar-refractivity contribution in [3.63, 3.8) is 0 Å². The summed E-state index contributed by atoms with van der Waals surface area (Å²) in [6.45, 7) is 10.5. The van der Waals surface area contributed by atoms with E-state index in [1.54, 1.807) is 0 Å². The van der Waals surface area contributed by atoms with Crippen molar-refractivity contribution in [1.29, 1.82) is 0 Å². The Hall–Kier alpha value is 0.719. The summed E-state index contributed by atoms with van der Waals surface area (Å²) in [6, 6.07) is 0. The van der Waals surface area contributed by atoms with Crippen LogP contribution >= 0.6 is 0 Å². The molecule has 11 heavy (non-hydrogen) atoms. The summed E-state index contributed by atoms with van der Waals surface area (Å²) < 4.78 is 5.36. The quantitative estimate of drug-likeness (QED) is 0.696. The SMILES string of the molecule is CC(C)COCC(C)C.O.[SnH]. The Morgan fingerprint density at radius 2 is 1.18 bits per heavy atom. The molecule has 2 nitrogen and oxygen atoms in total. The van der Waals surface area contributed by atoms with Crippen molar-refractivity contribution in [3.05, 3.63) is 0 Å². The molecule has 0 aromatic carbocycles. The van der Waals surface area contributed by atoms with Gasteiger partial charge in [-0.05, 0) is 11.8 Å². The monoisotopic (exact) mass is 269 g/mol. The van der Waals surface area contributed by atoms with Crippen LogP contribution in [0.2, 0.25) is 0 Å². The van der Waals surface area contributed by atoms with Gasteiger partial charge in [0.25, 0.3) is 0 Å².